The minimum Gasteiger partial charge on any atom is -0.311 e. The standard InChI is InChI=1S/C57H56N2/c1-56(2)53-26-14-13-24-51(53)52-25-17-27-54(55(52)56)59(47-22-11-5-12-23-47)50-38-32-45(33-39-50)57(40-15-6-16-41-57)44-30-36-49(37-31-44)58(46-20-9-4-10-21-46)48-34-28-43(29-35-48)42-18-7-3-8-19-42/h4-5,9-14,17,20-39,42H,3,6-8,15-16,18-19,40-41H2,1-2H3. The summed E-state index contributed by atoms with van der Waals surface area (Å²) in [7, 11) is 0. The highest BCUT2D eigenvalue weighted by molar-refractivity contribution is 5.90. The molecule has 3 aliphatic carbocycles. The summed E-state index contributed by atoms with van der Waals surface area (Å²) in [6, 6.07) is 66.4. The fourth-order valence-corrected chi connectivity index (χ4v) is 11.1. The van der Waals surface area contributed by atoms with Crippen molar-refractivity contribution >= 4 is 34.1 Å². The first-order chi connectivity index (χ1) is 29.0. The van der Waals surface area contributed by atoms with Crippen LogP contribution in [-0.4, -0.2) is 0 Å². The number of rotatable bonds is 9. The molecule has 7 aromatic carbocycles. The Kier molecular flexibility index (Phi) is 9.97. The molecule has 0 atom stereocenters. The Morgan fingerprint density at radius 2 is 0.881 bits per heavy atom. The van der Waals surface area contributed by atoms with Crippen LogP contribution in [0, 0.1) is 0 Å². The zero-order valence-electron chi connectivity index (χ0n) is 34.8. The van der Waals surface area contributed by atoms with Gasteiger partial charge >= 0.3 is 0 Å². The smallest absolute Gasteiger partial charge is 0.0508 e. The molecule has 0 aliphatic heterocycles. The Labute approximate surface area is 352 Å². The first-order valence-corrected chi connectivity index (χ1v) is 22.3. The van der Waals surface area contributed by atoms with Crippen LogP contribution < -0.4 is 9.80 Å². The molecule has 0 N–H and O–H groups in total. The lowest BCUT2D eigenvalue weighted by atomic mass is 9.65. The van der Waals surface area contributed by atoms with Gasteiger partial charge in [0.25, 0.3) is 0 Å². The van der Waals surface area contributed by atoms with Gasteiger partial charge in [-0.3, -0.25) is 0 Å². The first-order valence-electron chi connectivity index (χ1n) is 22.3. The van der Waals surface area contributed by atoms with E-state index in [-0.39, 0.29) is 10.8 Å². The molecule has 0 spiro atoms. The summed E-state index contributed by atoms with van der Waals surface area (Å²) in [6.45, 7) is 4.77. The highest BCUT2D eigenvalue weighted by Crippen LogP contribution is 2.54. The molecule has 59 heavy (non-hydrogen) atoms. The number of nitrogens with zero attached hydrogens (tertiary/aromatic N) is 2. The van der Waals surface area contributed by atoms with Crippen LogP contribution >= 0.6 is 0 Å². The third-order valence-electron chi connectivity index (χ3n) is 14.1. The first kappa shape index (κ1) is 37.4. The third kappa shape index (κ3) is 6.77. The van der Waals surface area contributed by atoms with Crippen LogP contribution in [0.3, 0.4) is 0 Å². The summed E-state index contributed by atoms with van der Waals surface area (Å²) in [5, 5.41) is 0. The molecule has 0 saturated heterocycles. The van der Waals surface area contributed by atoms with Crippen molar-refractivity contribution in [1.29, 1.82) is 0 Å². The van der Waals surface area contributed by atoms with E-state index in [4.69, 9.17) is 0 Å². The van der Waals surface area contributed by atoms with E-state index in [1.54, 1.807) is 0 Å². The van der Waals surface area contributed by atoms with E-state index in [0.717, 1.165) is 12.8 Å². The van der Waals surface area contributed by atoms with Crippen molar-refractivity contribution in [2.75, 3.05) is 9.80 Å². The van der Waals surface area contributed by atoms with E-state index in [0.29, 0.717) is 5.92 Å². The van der Waals surface area contributed by atoms with Gasteiger partial charge in [-0.1, -0.05) is 162 Å². The van der Waals surface area contributed by atoms with Crippen LogP contribution in [0.25, 0.3) is 11.1 Å². The second-order valence-corrected chi connectivity index (χ2v) is 17.9. The summed E-state index contributed by atoms with van der Waals surface area (Å²) < 4.78 is 0. The van der Waals surface area contributed by atoms with E-state index in [1.165, 1.54) is 124 Å². The number of hydrogen-bond acceptors (Lipinski definition) is 2. The lowest BCUT2D eigenvalue weighted by Crippen LogP contribution is -2.30. The van der Waals surface area contributed by atoms with Gasteiger partial charge in [0.1, 0.15) is 0 Å². The predicted molar refractivity (Wildman–Crippen MR) is 250 cm³/mol. The number of anilines is 6. The van der Waals surface area contributed by atoms with Crippen molar-refractivity contribution in [2.24, 2.45) is 0 Å². The molecular formula is C57H56N2. The topological polar surface area (TPSA) is 6.48 Å². The fraction of sp³-hybridized carbons (Fsp3) is 0.263. The van der Waals surface area contributed by atoms with Crippen molar-refractivity contribution in [3.05, 3.63) is 204 Å². The van der Waals surface area contributed by atoms with Crippen LogP contribution in [0.15, 0.2) is 176 Å². The van der Waals surface area contributed by atoms with Crippen molar-refractivity contribution in [1.82, 2.24) is 0 Å². The minimum atomic E-state index is -0.123. The number of benzene rings is 7. The van der Waals surface area contributed by atoms with Crippen LogP contribution in [0.5, 0.6) is 0 Å². The molecule has 3 aliphatic rings. The fourth-order valence-electron chi connectivity index (χ4n) is 11.1. The molecule has 2 nitrogen and oxygen atoms in total. The highest BCUT2D eigenvalue weighted by atomic mass is 15.1. The number of hydrogen-bond donors (Lipinski definition) is 0. The maximum Gasteiger partial charge on any atom is 0.0508 e. The zero-order valence-corrected chi connectivity index (χ0v) is 34.8. The van der Waals surface area contributed by atoms with Crippen molar-refractivity contribution < 1.29 is 0 Å². The van der Waals surface area contributed by atoms with Crippen molar-refractivity contribution in [3.63, 3.8) is 0 Å². The Bertz CT molecular complexity index is 2500. The van der Waals surface area contributed by atoms with Crippen LogP contribution in [0.2, 0.25) is 0 Å². The summed E-state index contributed by atoms with van der Waals surface area (Å²) in [4.78, 5) is 4.91. The monoisotopic (exact) mass is 768 g/mol. The zero-order chi connectivity index (χ0) is 39.8. The maximum absolute atomic E-state index is 2.48. The third-order valence-corrected chi connectivity index (χ3v) is 14.1. The lowest BCUT2D eigenvalue weighted by molar-refractivity contribution is 0.346. The molecule has 10 rings (SSSR count). The Morgan fingerprint density at radius 1 is 0.407 bits per heavy atom. The summed E-state index contributed by atoms with van der Waals surface area (Å²) >= 11 is 0. The molecule has 7 aromatic rings. The van der Waals surface area contributed by atoms with Gasteiger partial charge in [-0.15, -0.1) is 0 Å². The van der Waals surface area contributed by atoms with E-state index in [1.807, 2.05) is 0 Å². The van der Waals surface area contributed by atoms with Gasteiger partial charge in [0, 0.05) is 39.3 Å². The second-order valence-electron chi connectivity index (χ2n) is 17.9. The van der Waals surface area contributed by atoms with E-state index in [2.05, 4.69) is 200 Å². The van der Waals surface area contributed by atoms with E-state index < -0.39 is 0 Å². The van der Waals surface area contributed by atoms with E-state index in [9.17, 15) is 0 Å². The number of para-hydroxylation sites is 2. The Morgan fingerprint density at radius 3 is 1.49 bits per heavy atom. The maximum atomic E-state index is 2.48. The lowest BCUT2D eigenvalue weighted by Gasteiger charge is -2.39. The normalized spacial score (nSPS) is 16.8. The van der Waals surface area contributed by atoms with Gasteiger partial charge in [0.05, 0.1) is 5.69 Å². The molecule has 2 heteroatoms. The molecule has 0 bridgehead atoms. The largest absolute Gasteiger partial charge is 0.311 e. The van der Waals surface area contributed by atoms with Gasteiger partial charge < -0.3 is 9.80 Å². The van der Waals surface area contributed by atoms with Crippen molar-refractivity contribution in [2.45, 2.75) is 94.8 Å². The van der Waals surface area contributed by atoms with Gasteiger partial charge in [0.2, 0.25) is 0 Å². The summed E-state index contributed by atoms with van der Waals surface area (Å²) in [5.74, 6) is 0.702. The van der Waals surface area contributed by atoms with E-state index >= 15 is 0 Å². The molecule has 0 aromatic heterocycles. The molecular weight excluding hydrogens is 713 g/mol. The predicted octanol–water partition coefficient (Wildman–Crippen LogP) is 16.2. The molecule has 294 valence electrons. The van der Waals surface area contributed by atoms with Crippen LogP contribution in [-0.2, 0) is 10.8 Å². The summed E-state index contributed by atoms with van der Waals surface area (Å²) in [5.41, 5.74) is 16.9. The Hall–Kier alpha value is -5.86. The van der Waals surface area contributed by atoms with Gasteiger partial charge in [0.15, 0.2) is 0 Å². The molecule has 0 amide bonds. The Balaban J connectivity index is 1.00. The average Bonchev–Trinajstić information content (AvgIpc) is 3.55. The molecule has 0 radical (unpaired) electrons. The second kappa shape index (κ2) is 15.7. The average molecular weight is 769 g/mol. The highest BCUT2D eigenvalue weighted by Gasteiger charge is 2.39. The molecule has 0 heterocycles. The van der Waals surface area contributed by atoms with Crippen LogP contribution in [0.1, 0.15) is 112 Å². The molecule has 2 saturated carbocycles. The van der Waals surface area contributed by atoms with Gasteiger partial charge in [-0.2, -0.15) is 0 Å². The SMILES string of the molecule is CC1(C)c2ccccc2-c2cccc(N(c3ccccc3)c3ccc(C4(c5ccc(N(c6ccccc6)c6ccc(C7CCCCC7)cc6)cc5)CCCCC4)cc3)c21. The van der Waals surface area contributed by atoms with Crippen LogP contribution in [0.4, 0.5) is 34.1 Å². The molecule has 2 fully saturated rings. The van der Waals surface area contributed by atoms with Gasteiger partial charge in [-0.25, -0.2) is 0 Å². The quantitative estimate of drug-likeness (QED) is 0.144. The summed E-state index contributed by atoms with van der Waals surface area (Å²) in [6.07, 6.45) is 12.9. The van der Waals surface area contributed by atoms with Gasteiger partial charge in [-0.05, 0) is 137 Å². The van der Waals surface area contributed by atoms with Crippen molar-refractivity contribution in [3.8, 4) is 11.1 Å². The molecule has 0 unspecified atom stereocenters. The number of fused-ring (bicyclic) bond motifs is 3. The minimum absolute atomic E-state index is 0.0241.